The number of nitrogens with one attached hydrogen (secondary N) is 1. The molecule has 0 unspecified atom stereocenters. The Morgan fingerprint density at radius 2 is 1.68 bits per heavy atom. The summed E-state index contributed by atoms with van der Waals surface area (Å²) >= 11 is 7.61. The Morgan fingerprint density at radius 3 is 2.42 bits per heavy atom. The van der Waals surface area contributed by atoms with Gasteiger partial charge < -0.3 is 10.2 Å². The van der Waals surface area contributed by atoms with Gasteiger partial charge in [0, 0.05) is 35.2 Å². The van der Waals surface area contributed by atoms with Crippen molar-refractivity contribution in [1.29, 1.82) is 0 Å². The fourth-order valence-electron chi connectivity index (χ4n) is 3.61. The number of rotatable bonds is 8. The van der Waals surface area contributed by atoms with E-state index < -0.39 is 6.04 Å². The molecule has 1 N–H and O–H groups in total. The molecule has 0 saturated heterocycles. The Hall–Kier alpha value is -2.76. The normalized spacial score (nSPS) is 13.7. The van der Waals surface area contributed by atoms with Gasteiger partial charge in [0.05, 0.1) is 0 Å². The van der Waals surface area contributed by atoms with Gasteiger partial charge in [0.2, 0.25) is 5.91 Å². The lowest BCUT2D eigenvalue weighted by Gasteiger charge is -2.27. The number of fused-ring (bicyclic) bond motifs is 1. The third kappa shape index (κ3) is 5.30. The molecule has 31 heavy (non-hydrogen) atoms. The van der Waals surface area contributed by atoms with E-state index in [0.29, 0.717) is 29.4 Å². The van der Waals surface area contributed by atoms with Crippen molar-refractivity contribution in [3.63, 3.8) is 0 Å². The molecule has 6 heteroatoms. The van der Waals surface area contributed by atoms with E-state index in [1.165, 1.54) is 5.56 Å². The Kier molecular flexibility index (Phi) is 6.95. The van der Waals surface area contributed by atoms with Crippen molar-refractivity contribution in [1.82, 2.24) is 10.2 Å². The molecule has 0 fully saturated rings. The minimum atomic E-state index is -0.541. The molecule has 0 radical (unpaired) electrons. The Morgan fingerprint density at radius 1 is 0.968 bits per heavy atom. The van der Waals surface area contributed by atoms with Crippen LogP contribution in [0.25, 0.3) is 0 Å². The van der Waals surface area contributed by atoms with Crippen molar-refractivity contribution in [2.24, 2.45) is 0 Å². The number of hydrogen-bond acceptors (Lipinski definition) is 3. The van der Waals surface area contributed by atoms with E-state index in [0.717, 1.165) is 16.9 Å². The number of carbonyl (C=O) groups excluding carboxylic acids is 2. The van der Waals surface area contributed by atoms with E-state index in [4.69, 9.17) is 11.6 Å². The van der Waals surface area contributed by atoms with E-state index in [2.05, 4.69) is 17.4 Å². The van der Waals surface area contributed by atoms with Crippen LogP contribution in [0.4, 0.5) is 0 Å². The fraction of sp³-hybridized carbons (Fsp3) is 0.200. The minimum Gasteiger partial charge on any atom is -0.350 e. The van der Waals surface area contributed by atoms with Crippen molar-refractivity contribution >= 4 is 35.2 Å². The van der Waals surface area contributed by atoms with Crippen LogP contribution in [0, 0.1) is 0 Å². The van der Waals surface area contributed by atoms with E-state index in [1.54, 1.807) is 28.8 Å². The van der Waals surface area contributed by atoms with Gasteiger partial charge in [-0.1, -0.05) is 72.3 Å². The molecule has 0 bridgehead atoms. The molecule has 3 aromatic rings. The molecule has 3 aromatic carbocycles. The second kappa shape index (κ2) is 10.0. The van der Waals surface area contributed by atoms with E-state index in [1.807, 2.05) is 54.6 Å². The Balaban J connectivity index is 1.46. The zero-order valence-electron chi connectivity index (χ0n) is 17.0. The van der Waals surface area contributed by atoms with Crippen LogP contribution in [-0.4, -0.2) is 28.5 Å². The number of thioether (sulfide) groups is 1. The van der Waals surface area contributed by atoms with Crippen LogP contribution in [0.2, 0.25) is 5.02 Å². The molecule has 0 saturated carbocycles. The molecule has 0 aliphatic carbocycles. The summed E-state index contributed by atoms with van der Waals surface area (Å²) in [4.78, 5) is 27.9. The van der Waals surface area contributed by atoms with Crippen molar-refractivity contribution < 1.29 is 9.59 Å². The van der Waals surface area contributed by atoms with Crippen molar-refractivity contribution in [2.75, 3.05) is 5.75 Å². The largest absolute Gasteiger partial charge is 0.350 e. The second-order valence-electron chi connectivity index (χ2n) is 7.45. The number of benzene rings is 3. The van der Waals surface area contributed by atoms with Gasteiger partial charge in [0.25, 0.3) is 5.91 Å². The average molecular weight is 451 g/mol. The maximum atomic E-state index is 13.2. The first kappa shape index (κ1) is 21.5. The highest BCUT2D eigenvalue weighted by atomic mass is 35.5. The first-order valence-corrected chi connectivity index (χ1v) is 11.7. The summed E-state index contributed by atoms with van der Waals surface area (Å²) in [7, 11) is 0. The molecular weight excluding hydrogens is 428 g/mol. The standard InChI is InChI=1S/C25H23ClN2O2S/c26-21-12-10-18(11-13-21)14-27-24(29)23(17-31-16-19-6-2-1-3-7-19)28-15-20-8-4-5-9-22(20)25(28)30/h1-13,23H,14-17H2,(H,27,29)/t23-/m0/s1. The first-order chi connectivity index (χ1) is 15.1. The summed E-state index contributed by atoms with van der Waals surface area (Å²) in [5.41, 5.74) is 3.82. The number of carbonyl (C=O) groups is 2. The molecule has 1 heterocycles. The highest BCUT2D eigenvalue weighted by Crippen LogP contribution is 2.26. The molecule has 158 valence electrons. The van der Waals surface area contributed by atoms with E-state index >= 15 is 0 Å². The Bertz CT molecular complexity index is 1060. The van der Waals surface area contributed by atoms with Crippen molar-refractivity contribution in [3.05, 3.63) is 106 Å². The highest BCUT2D eigenvalue weighted by molar-refractivity contribution is 7.98. The lowest BCUT2D eigenvalue weighted by molar-refractivity contribution is -0.125. The van der Waals surface area contributed by atoms with Gasteiger partial charge in [0.1, 0.15) is 6.04 Å². The monoisotopic (exact) mass is 450 g/mol. The smallest absolute Gasteiger partial charge is 0.255 e. The zero-order chi connectivity index (χ0) is 21.6. The minimum absolute atomic E-state index is 0.0810. The van der Waals surface area contributed by atoms with Crippen molar-refractivity contribution in [2.45, 2.75) is 24.9 Å². The average Bonchev–Trinajstić information content (AvgIpc) is 3.13. The summed E-state index contributed by atoms with van der Waals surface area (Å²) in [6.45, 7) is 0.852. The molecule has 1 aliphatic heterocycles. The van der Waals surface area contributed by atoms with E-state index in [-0.39, 0.29) is 11.8 Å². The maximum Gasteiger partial charge on any atom is 0.255 e. The van der Waals surface area contributed by atoms with Gasteiger partial charge in [-0.3, -0.25) is 9.59 Å². The maximum absolute atomic E-state index is 13.2. The highest BCUT2D eigenvalue weighted by Gasteiger charge is 2.36. The number of halogens is 1. The summed E-state index contributed by atoms with van der Waals surface area (Å²) in [6, 6.07) is 24.5. The van der Waals surface area contributed by atoms with Crippen LogP contribution in [0.1, 0.15) is 27.0 Å². The summed E-state index contributed by atoms with van der Waals surface area (Å²) in [5.74, 6) is 1.09. The van der Waals surface area contributed by atoms with Gasteiger partial charge >= 0.3 is 0 Å². The zero-order valence-corrected chi connectivity index (χ0v) is 18.5. The van der Waals surface area contributed by atoms with Gasteiger partial charge in [0.15, 0.2) is 0 Å². The van der Waals surface area contributed by atoms with Crippen LogP contribution >= 0.6 is 23.4 Å². The molecule has 1 atom stereocenters. The molecule has 0 aromatic heterocycles. The van der Waals surface area contributed by atoms with Gasteiger partial charge in [-0.05, 0) is 34.9 Å². The SMILES string of the molecule is O=C(NCc1ccc(Cl)cc1)[C@H](CSCc1ccccc1)N1Cc2ccccc2C1=O. The number of nitrogens with zero attached hydrogens (tertiary/aromatic N) is 1. The van der Waals surface area contributed by atoms with Crippen LogP contribution in [-0.2, 0) is 23.6 Å². The lowest BCUT2D eigenvalue weighted by Crippen LogP contribution is -2.48. The molecule has 0 spiro atoms. The lowest BCUT2D eigenvalue weighted by atomic mass is 10.1. The van der Waals surface area contributed by atoms with Crippen molar-refractivity contribution in [3.8, 4) is 0 Å². The molecule has 2 amide bonds. The van der Waals surface area contributed by atoms with E-state index in [9.17, 15) is 9.59 Å². The predicted molar refractivity (Wildman–Crippen MR) is 126 cm³/mol. The van der Waals surface area contributed by atoms with Crippen LogP contribution in [0.15, 0.2) is 78.9 Å². The molecule has 1 aliphatic rings. The Labute approximate surface area is 191 Å². The second-order valence-corrected chi connectivity index (χ2v) is 8.92. The molecule has 4 nitrogen and oxygen atoms in total. The predicted octanol–water partition coefficient (Wildman–Crippen LogP) is 4.91. The van der Waals surface area contributed by atoms with Gasteiger partial charge in [-0.2, -0.15) is 11.8 Å². The fourth-order valence-corrected chi connectivity index (χ4v) is 4.83. The summed E-state index contributed by atoms with van der Waals surface area (Å²) < 4.78 is 0. The summed E-state index contributed by atoms with van der Waals surface area (Å²) in [6.07, 6.45) is 0. The van der Waals surface area contributed by atoms with Gasteiger partial charge in [-0.15, -0.1) is 0 Å². The topological polar surface area (TPSA) is 49.4 Å². The number of hydrogen-bond donors (Lipinski definition) is 1. The molecular formula is C25H23ClN2O2S. The molecule has 4 rings (SSSR count). The van der Waals surface area contributed by atoms with Crippen LogP contribution in [0.5, 0.6) is 0 Å². The first-order valence-electron chi connectivity index (χ1n) is 10.1. The van der Waals surface area contributed by atoms with Crippen LogP contribution in [0.3, 0.4) is 0 Å². The van der Waals surface area contributed by atoms with Gasteiger partial charge in [-0.25, -0.2) is 0 Å². The quantitative estimate of drug-likeness (QED) is 0.530. The third-order valence-electron chi connectivity index (χ3n) is 5.30. The van der Waals surface area contributed by atoms with Crippen LogP contribution < -0.4 is 5.32 Å². The third-order valence-corrected chi connectivity index (χ3v) is 6.64. The summed E-state index contributed by atoms with van der Waals surface area (Å²) in [5, 5.41) is 3.66. The number of amides is 2.